The molecule has 2 N–H and O–H groups in total. The number of rotatable bonds is 4. The standard InChI is InChI=1S/C17H23NO2S/c1-5-14-11-13(7-6-10-19)8-9-15(14)18-16(20)12-21-17(2,3)4/h8-9,11,19H,5,10,12H2,1-4H3,(H,18,20). The molecule has 0 aliphatic carbocycles. The van der Waals surface area contributed by atoms with Crippen molar-refractivity contribution in [2.24, 2.45) is 0 Å². The molecular formula is C17H23NO2S. The number of amides is 1. The fraction of sp³-hybridized carbons (Fsp3) is 0.471. The smallest absolute Gasteiger partial charge is 0.234 e. The molecule has 3 nitrogen and oxygen atoms in total. The Balaban J connectivity index is 2.77. The van der Waals surface area contributed by atoms with Gasteiger partial charge >= 0.3 is 0 Å². The summed E-state index contributed by atoms with van der Waals surface area (Å²) in [5.74, 6) is 5.96. The van der Waals surface area contributed by atoms with Crippen LogP contribution in [0, 0.1) is 11.8 Å². The van der Waals surface area contributed by atoms with Gasteiger partial charge in [0.15, 0.2) is 0 Å². The van der Waals surface area contributed by atoms with Crippen molar-refractivity contribution in [2.45, 2.75) is 38.9 Å². The van der Waals surface area contributed by atoms with E-state index in [0.717, 1.165) is 23.2 Å². The number of aryl methyl sites for hydroxylation is 1. The van der Waals surface area contributed by atoms with Crippen LogP contribution >= 0.6 is 11.8 Å². The largest absolute Gasteiger partial charge is 0.384 e. The van der Waals surface area contributed by atoms with Crippen LogP contribution in [0.4, 0.5) is 5.69 Å². The Bertz CT molecular complexity index is 550. The van der Waals surface area contributed by atoms with E-state index in [1.54, 1.807) is 11.8 Å². The van der Waals surface area contributed by atoms with Gasteiger partial charge in [-0.05, 0) is 30.2 Å². The molecule has 1 amide bonds. The molecule has 21 heavy (non-hydrogen) atoms. The van der Waals surface area contributed by atoms with Crippen molar-refractivity contribution in [3.8, 4) is 11.8 Å². The maximum atomic E-state index is 12.0. The van der Waals surface area contributed by atoms with E-state index in [-0.39, 0.29) is 17.3 Å². The minimum absolute atomic E-state index is 0.0128. The first-order chi connectivity index (χ1) is 9.85. The van der Waals surface area contributed by atoms with Crippen molar-refractivity contribution >= 4 is 23.4 Å². The van der Waals surface area contributed by atoms with Gasteiger partial charge in [-0.1, -0.05) is 39.5 Å². The van der Waals surface area contributed by atoms with E-state index >= 15 is 0 Å². The van der Waals surface area contributed by atoms with Gasteiger partial charge in [0.25, 0.3) is 0 Å². The van der Waals surface area contributed by atoms with Crippen LogP contribution in [0.3, 0.4) is 0 Å². The number of benzene rings is 1. The normalized spacial score (nSPS) is 10.7. The van der Waals surface area contributed by atoms with Gasteiger partial charge in [0, 0.05) is 16.0 Å². The first-order valence-electron chi connectivity index (χ1n) is 7.02. The average molecular weight is 305 g/mol. The minimum atomic E-state index is -0.149. The molecule has 1 rings (SSSR count). The van der Waals surface area contributed by atoms with Crippen LogP contribution in [-0.2, 0) is 11.2 Å². The Labute approximate surface area is 131 Å². The van der Waals surface area contributed by atoms with Gasteiger partial charge in [0.05, 0.1) is 5.75 Å². The number of carbonyl (C=O) groups excluding carboxylic acids is 1. The molecule has 0 spiro atoms. The lowest BCUT2D eigenvalue weighted by Crippen LogP contribution is -2.19. The fourth-order valence-electron chi connectivity index (χ4n) is 1.70. The predicted molar refractivity (Wildman–Crippen MR) is 90.6 cm³/mol. The Morgan fingerprint density at radius 1 is 1.38 bits per heavy atom. The first-order valence-corrected chi connectivity index (χ1v) is 8.00. The highest BCUT2D eigenvalue weighted by Crippen LogP contribution is 2.24. The summed E-state index contributed by atoms with van der Waals surface area (Å²) in [6, 6.07) is 5.68. The molecule has 1 aromatic carbocycles. The van der Waals surface area contributed by atoms with E-state index in [4.69, 9.17) is 5.11 Å². The molecule has 0 aliphatic rings. The zero-order valence-electron chi connectivity index (χ0n) is 13.1. The summed E-state index contributed by atoms with van der Waals surface area (Å²) >= 11 is 1.63. The van der Waals surface area contributed by atoms with E-state index in [1.165, 1.54) is 0 Å². The lowest BCUT2D eigenvalue weighted by molar-refractivity contribution is -0.113. The average Bonchev–Trinajstić information content (AvgIpc) is 2.43. The Hall–Kier alpha value is -1.44. The quantitative estimate of drug-likeness (QED) is 0.841. The van der Waals surface area contributed by atoms with Crippen LogP contribution in [0.15, 0.2) is 18.2 Å². The molecule has 1 aromatic rings. The molecular weight excluding hydrogens is 282 g/mol. The number of anilines is 1. The monoisotopic (exact) mass is 305 g/mol. The molecule has 0 atom stereocenters. The molecule has 0 unspecified atom stereocenters. The number of nitrogens with one attached hydrogen (secondary N) is 1. The fourth-order valence-corrected chi connectivity index (χ4v) is 2.33. The van der Waals surface area contributed by atoms with Gasteiger partial charge in [-0.2, -0.15) is 0 Å². The predicted octanol–water partition coefficient (Wildman–Crippen LogP) is 3.06. The number of aliphatic hydroxyl groups excluding tert-OH is 1. The van der Waals surface area contributed by atoms with Crippen LogP contribution in [0.2, 0.25) is 0 Å². The first kappa shape index (κ1) is 17.6. The minimum Gasteiger partial charge on any atom is -0.384 e. The van der Waals surface area contributed by atoms with Crippen molar-refractivity contribution in [2.75, 3.05) is 17.7 Å². The van der Waals surface area contributed by atoms with Crippen molar-refractivity contribution < 1.29 is 9.90 Å². The van der Waals surface area contributed by atoms with Crippen LogP contribution in [0.5, 0.6) is 0 Å². The van der Waals surface area contributed by atoms with Gasteiger partial charge in [-0.25, -0.2) is 0 Å². The molecule has 0 saturated heterocycles. The van der Waals surface area contributed by atoms with Gasteiger partial charge in [0.1, 0.15) is 6.61 Å². The maximum absolute atomic E-state index is 12.0. The lowest BCUT2D eigenvalue weighted by Gasteiger charge is -2.17. The molecule has 0 aliphatic heterocycles. The second-order valence-electron chi connectivity index (χ2n) is 5.63. The highest BCUT2D eigenvalue weighted by Gasteiger charge is 2.14. The zero-order chi connectivity index (χ0) is 15.9. The number of carbonyl (C=O) groups is 1. The van der Waals surface area contributed by atoms with Crippen molar-refractivity contribution in [3.63, 3.8) is 0 Å². The summed E-state index contributed by atoms with van der Waals surface area (Å²) in [4.78, 5) is 12.0. The van der Waals surface area contributed by atoms with E-state index in [0.29, 0.717) is 5.75 Å². The third-order valence-corrected chi connectivity index (χ3v) is 3.98. The third-order valence-electron chi connectivity index (χ3n) is 2.71. The van der Waals surface area contributed by atoms with Crippen LogP contribution in [0.1, 0.15) is 38.8 Å². The third kappa shape index (κ3) is 6.70. The summed E-state index contributed by atoms with van der Waals surface area (Å²) < 4.78 is 0.0780. The highest BCUT2D eigenvalue weighted by atomic mass is 32.2. The molecule has 4 heteroatoms. The molecule has 114 valence electrons. The number of hydrogen-bond donors (Lipinski definition) is 2. The molecule has 0 radical (unpaired) electrons. The van der Waals surface area contributed by atoms with E-state index in [9.17, 15) is 4.79 Å². The van der Waals surface area contributed by atoms with Gasteiger partial charge in [0.2, 0.25) is 5.91 Å². The van der Waals surface area contributed by atoms with Crippen molar-refractivity contribution in [3.05, 3.63) is 29.3 Å². The van der Waals surface area contributed by atoms with Crippen LogP contribution in [0.25, 0.3) is 0 Å². The Morgan fingerprint density at radius 3 is 2.67 bits per heavy atom. The SMILES string of the molecule is CCc1cc(C#CCO)ccc1NC(=O)CSC(C)(C)C. The van der Waals surface area contributed by atoms with Crippen LogP contribution in [-0.4, -0.2) is 28.1 Å². The van der Waals surface area contributed by atoms with Gasteiger partial charge in [-0.15, -0.1) is 11.8 Å². The second-order valence-corrected chi connectivity index (χ2v) is 7.44. The zero-order valence-corrected chi connectivity index (χ0v) is 13.9. The Morgan fingerprint density at radius 2 is 2.10 bits per heavy atom. The Kier molecular flexibility index (Phi) is 6.80. The molecule has 0 fully saturated rings. The maximum Gasteiger partial charge on any atom is 0.234 e. The van der Waals surface area contributed by atoms with Crippen molar-refractivity contribution in [1.29, 1.82) is 0 Å². The molecule has 0 bridgehead atoms. The molecule has 0 saturated carbocycles. The van der Waals surface area contributed by atoms with Gasteiger partial charge < -0.3 is 10.4 Å². The summed E-state index contributed by atoms with van der Waals surface area (Å²) in [6.45, 7) is 8.17. The van der Waals surface area contributed by atoms with Gasteiger partial charge in [-0.3, -0.25) is 4.79 Å². The topological polar surface area (TPSA) is 49.3 Å². The summed E-state index contributed by atoms with van der Waals surface area (Å²) in [5, 5.41) is 11.7. The van der Waals surface area contributed by atoms with Crippen LogP contribution < -0.4 is 5.32 Å². The second kappa shape index (κ2) is 8.11. The number of hydrogen-bond acceptors (Lipinski definition) is 3. The summed E-state index contributed by atoms with van der Waals surface area (Å²) in [6.07, 6.45) is 0.816. The summed E-state index contributed by atoms with van der Waals surface area (Å²) in [7, 11) is 0. The van der Waals surface area contributed by atoms with E-state index < -0.39 is 0 Å². The van der Waals surface area contributed by atoms with Crippen molar-refractivity contribution in [1.82, 2.24) is 0 Å². The number of thioether (sulfide) groups is 1. The van der Waals surface area contributed by atoms with E-state index in [2.05, 4.69) is 37.9 Å². The summed E-state index contributed by atoms with van der Waals surface area (Å²) in [5.41, 5.74) is 2.74. The molecule has 0 heterocycles. The lowest BCUT2D eigenvalue weighted by atomic mass is 10.1. The number of aliphatic hydroxyl groups is 1. The molecule has 0 aromatic heterocycles. The highest BCUT2D eigenvalue weighted by molar-refractivity contribution is 8.01. The van der Waals surface area contributed by atoms with E-state index in [1.807, 2.05) is 25.1 Å².